The normalized spacial score (nSPS) is 14.2. The molecule has 0 saturated carbocycles. The van der Waals surface area contributed by atoms with E-state index < -0.39 is 54.2 Å². The van der Waals surface area contributed by atoms with Gasteiger partial charge in [0.05, 0.1) is 65.0 Å². The largest absolute Gasteiger partial charge is 0.494 e. The Bertz CT molecular complexity index is 3330. The van der Waals surface area contributed by atoms with Gasteiger partial charge in [0.15, 0.2) is 0 Å². The van der Waals surface area contributed by atoms with Crippen LogP contribution in [0.15, 0.2) is 84.9 Å². The lowest BCUT2D eigenvalue weighted by Crippen LogP contribution is -2.50. The number of primary amides is 1. The van der Waals surface area contributed by atoms with Crippen LogP contribution in [0.1, 0.15) is 97.1 Å². The van der Waals surface area contributed by atoms with Crippen LogP contribution in [-0.4, -0.2) is 145 Å². The van der Waals surface area contributed by atoms with Gasteiger partial charge in [0.2, 0.25) is 23.8 Å². The summed E-state index contributed by atoms with van der Waals surface area (Å²) < 4.78 is 44.5. The average Bonchev–Trinajstić information content (AvgIpc) is 2.79. The fourth-order valence-electron chi connectivity index (χ4n) is 8.52. The van der Waals surface area contributed by atoms with Gasteiger partial charge < -0.3 is 86.6 Å². The maximum Gasteiger partial charge on any atom is 0.330 e. The third-order valence-electron chi connectivity index (χ3n) is 13.1. The number of ether oxygens (including phenoxy) is 8. The smallest absolute Gasteiger partial charge is 0.330 e. The Morgan fingerprint density at radius 1 is 0.528 bits per heavy atom. The van der Waals surface area contributed by atoms with E-state index in [1.165, 1.54) is 13.2 Å². The number of hydrogen-bond acceptors (Lipinski definition) is 25. The lowest BCUT2D eigenvalue weighted by Gasteiger charge is -2.19. The maximum absolute atomic E-state index is 13.4. The first-order valence-corrected chi connectivity index (χ1v) is 29.1. The number of methoxy groups -OCH3 is 2. The molecule has 6 heterocycles. The van der Waals surface area contributed by atoms with E-state index in [0.717, 1.165) is 74.7 Å². The number of aromatic nitrogens is 6. The summed E-state index contributed by atoms with van der Waals surface area (Å²) in [5, 5.41) is 20.0. The van der Waals surface area contributed by atoms with E-state index in [1.54, 1.807) is 30.3 Å². The molecule has 4 amide bonds. The predicted octanol–water partition coefficient (Wildman–Crippen LogP) is 5.02. The Labute approximate surface area is 513 Å². The molecule has 0 radical (unpaired) electrons. The topological polar surface area (TPSA) is 390 Å². The standard InChI is InChI=1S/C31H38N8O8.C29H37N7O6/c1-3-45-31-38-29-34-17-19-8-11-21(12-9-19)46-14-6-4-5-7-15-47-24-16-20(35-30(37-29)39-31)10-13-22(24)26(41)36-23(28(43)44-2)18-33-27(42)25(32)40;1-3-40-29-35-27-31-18-19-8-11-21(12-9-19)41-14-6-4-5-7-15-42-24-16-20(32-28(34-27)36-29)10-13-22(24)25(37)33-23(17-30)26(38)39-2/h8-13,16,23H,3-7,14-15,17-18H2,1-2H3,(H2,32,40)(H,33,42)(H,36,41)(H2,34,35,37,38,39);8-13,16,23H,3-7,14-15,17-18,30H2,1-2H3,(H,33,37)(H2,31,32,34,35,36)/t2*23-/m00/s1. The van der Waals surface area contributed by atoms with Crippen molar-refractivity contribution in [2.24, 2.45) is 11.5 Å². The van der Waals surface area contributed by atoms with Crippen molar-refractivity contribution in [3.63, 3.8) is 0 Å². The minimum absolute atomic E-state index is 0.106. The number of hydrogen-bond donors (Lipinski definition) is 9. The van der Waals surface area contributed by atoms with E-state index in [-0.39, 0.29) is 53.3 Å². The van der Waals surface area contributed by atoms with Crippen LogP contribution in [0.25, 0.3) is 0 Å². The van der Waals surface area contributed by atoms with E-state index in [1.807, 2.05) is 62.4 Å². The summed E-state index contributed by atoms with van der Waals surface area (Å²) in [7, 11) is 2.36. The number of esters is 2. The molecule has 89 heavy (non-hydrogen) atoms. The minimum atomic E-state index is -1.31. The van der Waals surface area contributed by atoms with Crippen LogP contribution in [0.5, 0.6) is 35.0 Å². The zero-order valence-electron chi connectivity index (χ0n) is 50.0. The van der Waals surface area contributed by atoms with Crippen molar-refractivity contribution >= 4 is 70.7 Å². The Kier molecular flexibility index (Phi) is 25.8. The summed E-state index contributed by atoms with van der Waals surface area (Å²) in [6.45, 7) is 6.63. The number of benzene rings is 4. The van der Waals surface area contributed by atoms with E-state index in [2.05, 4.69) is 67.1 Å². The van der Waals surface area contributed by atoms with Gasteiger partial charge in [-0.25, -0.2) is 9.59 Å². The third kappa shape index (κ3) is 21.3. The Balaban J connectivity index is 0.000000255. The molecule has 6 aromatic rings. The van der Waals surface area contributed by atoms with Gasteiger partial charge in [-0.05, 0) is 125 Å². The van der Waals surface area contributed by atoms with Crippen LogP contribution >= 0.6 is 0 Å². The minimum Gasteiger partial charge on any atom is -0.494 e. The Morgan fingerprint density at radius 3 is 1.34 bits per heavy atom. The van der Waals surface area contributed by atoms with Crippen LogP contribution in [0.4, 0.5) is 35.2 Å². The van der Waals surface area contributed by atoms with Crippen molar-refractivity contribution in [1.82, 2.24) is 45.9 Å². The number of nitrogens with one attached hydrogen (secondary N) is 7. The highest BCUT2D eigenvalue weighted by Gasteiger charge is 2.27. The van der Waals surface area contributed by atoms with Crippen molar-refractivity contribution in [2.75, 3.05) is 88.2 Å². The van der Waals surface area contributed by atoms with Crippen LogP contribution in [0, 0.1) is 0 Å². The first kappa shape index (κ1) is 66.2. The third-order valence-corrected chi connectivity index (χ3v) is 13.1. The fourth-order valence-corrected chi connectivity index (χ4v) is 8.52. The first-order chi connectivity index (χ1) is 43.2. The molecule has 4 aromatic carbocycles. The van der Waals surface area contributed by atoms with Gasteiger partial charge in [0, 0.05) is 49.7 Å². The highest BCUT2D eigenvalue weighted by atomic mass is 16.5. The van der Waals surface area contributed by atoms with Crippen molar-refractivity contribution in [3.8, 4) is 35.0 Å². The summed E-state index contributed by atoms with van der Waals surface area (Å²) in [4.78, 5) is 100.0. The predicted molar refractivity (Wildman–Crippen MR) is 326 cm³/mol. The van der Waals surface area contributed by atoms with Crippen molar-refractivity contribution in [2.45, 2.75) is 90.4 Å². The molecule has 0 fully saturated rings. The lowest BCUT2D eigenvalue weighted by molar-refractivity contribution is -0.143. The van der Waals surface area contributed by atoms with Crippen molar-refractivity contribution < 1.29 is 66.7 Å². The van der Waals surface area contributed by atoms with Gasteiger partial charge in [-0.3, -0.25) is 19.2 Å². The molecule has 4 aliphatic heterocycles. The lowest BCUT2D eigenvalue weighted by atomic mass is 10.1. The van der Waals surface area contributed by atoms with Gasteiger partial charge in [-0.1, -0.05) is 24.3 Å². The van der Waals surface area contributed by atoms with E-state index in [4.69, 9.17) is 49.4 Å². The van der Waals surface area contributed by atoms with E-state index >= 15 is 0 Å². The molecule has 29 nitrogen and oxygen atoms in total. The number of nitrogens with two attached hydrogens (primary N) is 2. The SMILES string of the molecule is CCOc1nc2nc(n1)Nc1ccc(C(=O)N[C@@H](CN)C(=O)OC)c(c1)OCCCCCCOc1ccc(cc1)CN2.CCOc1nc2nc(n1)Nc1ccc(C(=O)N[C@@H](CNC(=O)C(N)=O)C(=O)OC)c(c1)OCCCCCCOc1ccc(cc1)CN2. The first-order valence-electron chi connectivity index (χ1n) is 29.1. The molecule has 2 aromatic heterocycles. The van der Waals surface area contributed by atoms with Gasteiger partial charge in [0.1, 0.15) is 35.1 Å². The van der Waals surface area contributed by atoms with Crippen molar-refractivity contribution in [1.29, 1.82) is 0 Å². The summed E-state index contributed by atoms with van der Waals surface area (Å²) in [6.07, 6.45) is 6.94. The molecular formula is C60H75N15O14. The van der Waals surface area contributed by atoms with Crippen LogP contribution in [-0.2, 0) is 41.7 Å². The van der Waals surface area contributed by atoms with Crippen LogP contribution in [0.3, 0.4) is 0 Å². The van der Waals surface area contributed by atoms with E-state index in [0.29, 0.717) is 82.2 Å². The van der Waals surface area contributed by atoms with Crippen LogP contribution in [0.2, 0.25) is 0 Å². The summed E-state index contributed by atoms with van der Waals surface area (Å²) >= 11 is 0. The van der Waals surface area contributed by atoms with Gasteiger partial charge in [-0.2, -0.15) is 29.9 Å². The second kappa shape index (κ2) is 34.7. The second-order valence-electron chi connectivity index (χ2n) is 19.7. The van der Waals surface area contributed by atoms with Gasteiger partial charge >= 0.3 is 35.8 Å². The highest BCUT2D eigenvalue weighted by molar-refractivity contribution is 6.34. The molecule has 2 atom stereocenters. The molecule has 29 heteroatoms. The molecule has 0 saturated heterocycles. The molecule has 0 unspecified atom stereocenters. The number of anilines is 6. The number of amides is 4. The molecule has 0 aliphatic carbocycles. The zero-order valence-corrected chi connectivity index (χ0v) is 50.0. The van der Waals surface area contributed by atoms with Crippen molar-refractivity contribution in [3.05, 3.63) is 107 Å². The average molecular weight is 1230 g/mol. The second-order valence-corrected chi connectivity index (χ2v) is 19.7. The molecular weight excluding hydrogens is 1150 g/mol. The fraction of sp³-hybridized carbons (Fsp3) is 0.400. The molecule has 10 rings (SSSR count). The molecule has 4 aliphatic rings. The quantitative estimate of drug-likeness (QED) is 0.0541. The molecule has 474 valence electrons. The Morgan fingerprint density at radius 2 is 0.933 bits per heavy atom. The zero-order chi connectivity index (χ0) is 63.3. The number of carbonyl (C=O) groups excluding carboxylic acids is 6. The van der Waals surface area contributed by atoms with Gasteiger partial charge in [0.25, 0.3) is 11.8 Å². The summed E-state index contributed by atoms with van der Waals surface area (Å²) in [6, 6.07) is 23.3. The molecule has 11 N–H and O–H groups in total. The number of rotatable bonds is 13. The summed E-state index contributed by atoms with van der Waals surface area (Å²) in [5.74, 6) is -1.88. The monoisotopic (exact) mass is 1230 g/mol. The maximum atomic E-state index is 13.4. The summed E-state index contributed by atoms with van der Waals surface area (Å²) in [5.41, 5.74) is 14.1. The highest BCUT2D eigenvalue weighted by Crippen LogP contribution is 2.29. The van der Waals surface area contributed by atoms with Gasteiger partial charge in [-0.15, -0.1) is 0 Å². The Hall–Kier alpha value is -10.3. The number of nitrogens with zero attached hydrogens (tertiary/aromatic N) is 6. The molecule has 0 spiro atoms. The number of fused-ring (bicyclic) bond motifs is 20. The van der Waals surface area contributed by atoms with E-state index in [9.17, 15) is 28.8 Å². The van der Waals surface area contributed by atoms with Crippen LogP contribution < -0.4 is 77.1 Å². The molecule has 12 bridgehead atoms. The number of carbonyl (C=O) groups is 6.